The molecule has 1 atom stereocenters. The van der Waals surface area contributed by atoms with E-state index in [2.05, 4.69) is 51.6 Å². The Morgan fingerprint density at radius 1 is 1.47 bits per heavy atom. The Bertz CT molecular complexity index is 489. The molecule has 1 unspecified atom stereocenters. The minimum atomic E-state index is 0.113. The molecule has 2 N–H and O–H groups in total. The van der Waals surface area contributed by atoms with Crippen molar-refractivity contribution in [3.05, 3.63) is 26.9 Å². The number of aromatic nitrogens is 1. The molecule has 0 bridgehead atoms. The average molecular weight is 391 g/mol. The fraction of sp³-hybridized carbons (Fsp3) is 0.500. The number of aliphatic imine (C=N–C) groups is 1. The molecule has 1 aromatic rings. The van der Waals surface area contributed by atoms with Gasteiger partial charge >= 0.3 is 0 Å². The second-order valence-electron chi connectivity index (χ2n) is 4.73. The number of nitrogens with two attached hydrogens (primary N) is 1. The largest absolute Gasteiger partial charge is 0.370 e. The van der Waals surface area contributed by atoms with Gasteiger partial charge in [-0.1, -0.05) is 0 Å². The maximum absolute atomic E-state index is 5.98. The van der Waals surface area contributed by atoms with Crippen molar-refractivity contribution in [2.75, 3.05) is 33.7 Å². The summed E-state index contributed by atoms with van der Waals surface area (Å²) in [6, 6.07) is 2.11. The molecule has 0 aliphatic carbocycles. The number of hydrogen-bond donors (Lipinski definition) is 1. The third-order valence-corrected chi connectivity index (χ3v) is 4.11. The van der Waals surface area contributed by atoms with Gasteiger partial charge in [-0.3, -0.25) is 9.98 Å². The molecule has 1 aliphatic rings. The van der Waals surface area contributed by atoms with Crippen LogP contribution in [0.1, 0.15) is 11.7 Å². The van der Waals surface area contributed by atoms with E-state index in [9.17, 15) is 0 Å². The monoisotopic (exact) mass is 389 g/mol. The van der Waals surface area contributed by atoms with Gasteiger partial charge in [-0.2, -0.15) is 0 Å². The van der Waals surface area contributed by atoms with Crippen molar-refractivity contribution in [3.8, 4) is 0 Å². The number of rotatable bonds is 4. The van der Waals surface area contributed by atoms with Gasteiger partial charge in [0.15, 0.2) is 5.96 Å². The summed E-state index contributed by atoms with van der Waals surface area (Å²) in [4.78, 5) is 13.1. The highest BCUT2D eigenvalue weighted by molar-refractivity contribution is 9.11. The highest BCUT2D eigenvalue weighted by Gasteiger charge is 2.29. The van der Waals surface area contributed by atoms with E-state index in [0.29, 0.717) is 12.5 Å². The van der Waals surface area contributed by atoms with Crippen molar-refractivity contribution in [2.45, 2.75) is 6.04 Å². The average Bonchev–Trinajstić information content (AvgIpc) is 2.68. The van der Waals surface area contributed by atoms with E-state index in [-0.39, 0.29) is 6.04 Å². The molecule has 2 rings (SSSR count). The summed E-state index contributed by atoms with van der Waals surface area (Å²) >= 11 is 6.98. The molecule has 5 nitrogen and oxygen atoms in total. The van der Waals surface area contributed by atoms with Crippen LogP contribution < -0.4 is 5.73 Å². The standard InChI is InChI=1S/C12H17Br2N5/c1-18(2)3-4-19-10(7-17-12(19)15)11-9(14)5-8(13)6-16-11/h5-6,10H,3-4,7H2,1-2H3,(H2,15,17). The Hall–Kier alpha value is -0.660. The van der Waals surface area contributed by atoms with Crippen LogP contribution in [-0.4, -0.2) is 54.5 Å². The Morgan fingerprint density at radius 3 is 2.84 bits per heavy atom. The SMILES string of the molecule is CN(C)CCN1C(N)=NCC1c1ncc(Br)cc1Br. The highest BCUT2D eigenvalue weighted by atomic mass is 79.9. The van der Waals surface area contributed by atoms with Crippen LogP contribution in [-0.2, 0) is 0 Å². The molecule has 1 aromatic heterocycles. The van der Waals surface area contributed by atoms with Crippen LogP contribution >= 0.6 is 31.9 Å². The fourth-order valence-corrected chi connectivity index (χ4v) is 3.26. The summed E-state index contributed by atoms with van der Waals surface area (Å²) in [6.45, 7) is 2.44. The third kappa shape index (κ3) is 3.46. The highest BCUT2D eigenvalue weighted by Crippen LogP contribution is 2.30. The van der Waals surface area contributed by atoms with E-state index >= 15 is 0 Å². The molecule has 1 aliphatic heterocycles. The van der Waals surface area contributed by atoms with Crippen molar-refractivity contribution < 1.29 is 0 Å². The molecule has 0 amide bonds. The number of nitrogens with zero attached hydrogens (tertiary/aromatic N) is 4. The smallest absolute Gasteiger partial charge is 0.192 e. The quantitative estimate of drug-likeness (QED) is 0.852. The van der Waals surface area contributed by atoms with Crippen LogP contribution in [0.3, 0.4) is 0 Å². The molecule has 0 saturated heterocycles. The van der Waals surface area contributed by atoms with Crippen molar-refractivity contribution in [1.29, 1.82) is 0 Å². The Labute approximate surface area is 130 Å². The number of halogens is 2. The Morgan fingerprint density at radius 2 is 2.21 bits per heavy atom. The van der Waals surface area contributed by atoms with Gasteiger partial charge < -0.3 is 15.5 Å². The summed E-state index contributed by atoms with van der Waals surface area (Å²) in [5, 5.41) is 0. The molecular formula is C12H17Br2N5. The van der Waals surface area contributed by atoms with Crippen molar-refractivity contribution in [2.24, 2.45) is 10.7 Å². The van der Waals surface area contributed by atoms with Gasteiger partial charge in [0.2, 0.25) is 0 Å². The van der Waals surface area contributed by atoms with E-state index in [1.807, 2.05) is 20.2 Å². The molecule has 7 heteroatoms. The predicted octanol–water partition coefficient (Wildman–Crippen LogP) is 1.84. The first-order valence-corrected chi connectivity index (χ1v) is 7.60. The van der Waals surface area contributed by atoms with Crippen LogP contribution in [0.5, 0.6) is 0 Å². The summed E-state index contributed by atoms with van der Waals surface area (Å²) in [7, 11) is 4.10. The lowest BCUT2D eigenvalue weighted by atomic mass is 10.1. The minimum Gasteiger partial charge on any atom is -0.370 e. The van der Waals surface area contributed by atoms with Gasteiger partial charge in [0.05, 0.1) is 18.3 Å². The third-order valence-electron chi connectivity index (χ3n) is 3.04. The van der Waals surface area contributed by atoms with Gasteiger partial charge in [-0.25, -0.2) is 0 Å². The van der Waals surface area contributed by atoms with E-state index < -0.39 is 0 Å². The molecule has 0 radical (unpaired) electrons. The lowest BCUT2D eigenvalue weighted by Gasteiger charge is -2.27. The Kier molecular flexibility index (Phi) is 4.81. The van der Waals surface area contributed by atoms with Crippen LogP contribution in [0.25, 0.3) is 0 Å². The second-order valence-corrected chi connectivity index (χ2v) is 6.50. The molecule has 0 fully saturated rings. The molecular weight excluding hydrogens is 374 g/mol. The maximum atomic E-state index is 5.98. The van der Waals surface area contributed by atoms with E-state index in [4.69, 9.17) is 5.73 Å². The van der Waals surface area contributed by atoms with Crippen LogP contribution in [0.4, 0.5) is 0 Å². The van der Waals surface area contributed by atoms with Gasteiger partial charge in [0.1, 0.15) is 0 Å². The van der Waals surface area contributed by atoms with Crippen LogP contribution in [0.2, 0.25) is 0 Å². The van der Waals surface area contributed by atoms with Gasteiger partial charge in [-0.15, -0.1) is 0 Å². The second kappa shape index (κ2) is 6.19. The topological polar surface area (TPSA) is 57.8 Å². The zero-order chi connectivity index (χ0) is 14.0. The normalized spacial score (nSPS) is 19.1. The number of likely N-dealkylation sites (N-methyl/N-ethyl adjacent to an activating group) is 1. The molecule has 19 heavy (non-hydrogen) atoms. The Balaban J connectivity index is 2.19. The fourth-order valence-electron chi connectivity index (χ4n) is 2.01. The first kappa shape index (κ1) is 14.7. The summed E-state index contributed by atoms with van der Waals surface area (Å²) < 4.78 is 1.93. The van der Waals surface area contributed by atoms with Crippen molar-refractivity contribution in [3.63, 3.8) is 0 Å². The predicted molar refractivity (Wildman–Crippen MR) is 84.1 cm³/mol. The summed E-state index contributed by atoms with van der Waals surface area (Å²) in [6.07, 6.45) is 1.80. The molecule has 0 saturated carbocycles. The minimum absolute atomic E-state index is 0.113. The zero-order valence-corrected chi connectivity index (χ0v) is 14.1. The number of hydrogen-bond acceptors (Lipinski definition) is 5. The lowest BCUT2D eigenvalue weighted by molar-refractivity contribution is 0.289. The van der Waals surface area contributed by atoms with Gasteiger partial charge in [-0.05, 0) is 52.0 Å². The van der Waals surface area contributed by atoms with Gasteiger partial charge in [0, 0.05) is 28.2 Å². The first-order valence-electron chi connectivity index (χ1n) is 6.01. The number of guanidine groups is 1. The first-order chi connectivity index (χ1) is 8.99. The molecule has 104 valence electrons. The molecule has 0 spiro atoms. The van der Waals surface area contributed by atoms with E-state index in [0.717, 1.165) is 27.7 Å². The van der Waals surface area contributed by atoms with E-state index in [1.165, 1.54) is 0 Å². The van der Waals surface area contributed by atoms with Crippen LogP contribution in [0, 0.1) is 0 Å². The summed E-state index contributed by atoms with van der Waals surface area (Å²) in [5.41, 5.74) is 6.96. The maximum Gasteiger partial charge on any atom is 0.192 e. The number of pyridine rings is 1. The zero-order valence-electron chi connectivity index (χ0n) is 11.0. The molecule has 0 aromatic carbocycles. The van der Waals surface area contributed by atoms with Crippen molar-refractivity contribution in [1.82, 2.24) is 14.8 Å². The molecule has 2 heterocycles. The lowest BCUT2D eigenvalue weighted by Crippen LogP contribution is -2.40. The van der Waals surface area contributed by atoms with Gasteiger partial charge in [0.25, 0.3) is 0 Å². The van der Waals surface area contributed by atoms with Crippen LogP contribution in [0.15, 0.2) is 26.2 Å². The van der Waals surface area contributed by atoms with E-state index in [1.54, 1.807) is 6.20 Å². The van der Waals surface area contributed by atoms with Crippen molar-refractivity contribution >= 4 is 37.8 Å². The summed E-state index contributed by atoms with van der Waals surface area (Å²) in [5.74, 6) is 0.600.